The normalized spacial score (nSPS) is 17.5. The number of benzene rings is 2. The van der Waals surface area contributed by atoms with E-state index in [4.69, 9.17) is 4.74 Å². The van der Waals surface area contributed by atoms with Gasteiger partial charge in [0.1, 0.15) is 22.7 Å². The maximum Gasteiger partial charge on any atom is 0.573 e. The number of ether oxygens (including phenoxy) is 2. The second kappa shape index (κ2) is 12.6. The van der Waals surface area contributed by atoms with E-state index in [0.717, 1.165) is 17.5 Å². The summed E-state index contributed by atoms with van der Waals surface area (Å²) in [5.41, 5.74) is -0.861. The van der Waals surface area contributed by atoms with Gasteiger partial charge in [-0.25, -0.2) is 17.9 Å². The van der Waals surface area contributed by atoms with E-state index in [2.05, 4.69) is 19.8 Å². The Morgan fingerprint density at radius 1 is 1.07 bits per heavy atom. The number of carbonyl (C=O) groups is 2. The fraction of sp³-hybridized carbons (Fsp3) is 0.393. The first-order valence-electron chi connectivity index (χ1n) is 13.8. The molecule has 0 bridgehead atoms. The zero-order valence-electron chi connectivity index (χ0n) is 25.1. The van der Waals surface area contributed by atoms with Gasteiger partial charge >= 0.3 is 22.7 Å². The predicted octanol–water partition coefficient (Wildman–Crippen LogP) is 3.79. The van der Waals surface area contributed by atoms with Gasteiger partial charge in [-0.3, -0.25) is 14.5 Å². The van der Waals surface area contributed by atoms with Crippen molar-refractivity contribution in [1.29, 1.82) is 0 Å². The number of nitrogens with one attached hydrogen (secondary N) is 3. The number of halogens is 3. The Balaban J connectivity index is 1.39. The average molecular weight is 688 g/mol. The number of piperidine rings is 1. The minimum Gasteiger partial charge on any atom is -0.443 e. The number of amides is 2. The zero-order valence-corrected chi connectivity index (χ0v) is 26.8. The van der Waals surface area contributed by atoms with E-state index >= 15 is 0 Å². The maximum absolute atomic E-state index is 13.1. The molecule has 1 fully saturated rings. The standard InChI is InChI=1S/C28H32F3N5O8S2/c1-18-16-21(34-46(41,42)35-25(38)44-26(2,3)4)9-8-19(18)10-15-45(39,40)36-13-11-27(12-14-36)24(37)32-23(33-27)20-6-5-7-22(17-20)43-28(29,30)31/h5-10,15-17,34H,11-14H2,1-4H3,(H,35,38)(H,32,33,37). The first kappa shape index (κ1) is 34.7. The minimum absolute atomic E-state index is 0.0410. The van der Waals surface area contributed by atoms with Gasteiger partial charge in [-0.05, 0) is 82.0 Å². The molecule has 0 aromatic heterocycles. The smallest absolute Gasteiger partial charge is 0.443 e. The Morgan fingerprint density at radius 2 is 1.74 bits per heavy atom. The molecule has 0 unspecified atom stereocenters. The highest BCUT2D eigenvalue weighted by Gasteiger charge is 2.47. The van der Waals surface area contributed by atoms with Gasteiger partial charge in [0.25, 0.3) is 5.91 Å². The van der Waals surface area contributed by atoms with Gasteiger partial charge in [-0.1, -0.05) is 18.2 Å². The number of nitrogens with zero attached hydrogens (tertiary/aromatic N) is 2. The van der Waals surface area contributed by atoms with Gasteiger partial charge in [-0.2, -0.15) is 12.7 Å². The molecule has 0 aliphatic carbocycles. The number of rotatable bonds is 8. The molecule has 2 aliphatic heterocycles. The summed E-state index contributed by atoms with van der Waals surface area (Å²) >= 11 is 0. The molecule has 18 heteroatoms. The number of hydrogen-bond acceptors (Lipinski definition) is 9. The SMILES string of the molecule is Cc1cc(NS(=O)(=O)NC(=O)OC(C)(C)C)ccc1C=CS(=O)(=O)N1CCC2(CC1)N=C(c1cccc(OC(F)(F)F)c1)NC2=O. The predicted molar refractivity (Wildman–Crippen MR) is 162 cm³/mol. The van der Waals surface area contributed by atoms with Crippen LogP contribution in [-0.4, -0.2) is 69.6 Å². The lowest BCUT2D eigenvalue weighted by Crippen LogP contribution is -2.50. The molecule has 13 nitrogen and oxygen atoms in total. The fourth-order valence-electron chi connectivity index (χ4n) is 4.70. The van der Waals surface area contributed by atoms with Crippen molar-refractivity contribution in [3.8, 4) is 5.75 Å². The number of sulfonamides is 1. The number of amidine groups is 1. The second-order valence-corrected chi connectivity index (χ2v) is 14.8. The molecular formula is C28H32F3N5O8S2. The lowest BCUT2D eigenvalue weighted by Gasteiger charge is -2.34. The van der Waals surface area contributed by atoms with Crippen LogP contribution in [0, 0.1) is 6.92 Å². The van der Waals surface area contributed by atoms with E-state index in [1.807, 2.05) is 0 Å². The van der Waals surface area contributed by atoms with Crippen molar-refractivity contribution in [3.05, 3.63) is 64.6 Å². The van der Waals surface area contributed by atoms with Gasteiger partial charge in [-0.15, -0.1) is 13.2 Å². The largest absolute Gasteiger partial charge is 0.573 e. The van der Waals surface area contributed by atoms with E-state index in [-0.39, 0.29) is 43.0 Å². The van der Waals surface area contributed by atoms with Crippen LogP contribution >= 0.6 is 0 Å². The first-order valence-corrected chi connectivity index (χ1v) is 16.7. The Kier molecular flexibility index (Phi) is 9.48. The molecule has 46 heavy (non-hydrogen) atoms. The molecule has 2 heterocycles. The van der Waals surface area contributed by atoms with Crippen LogP contribution in [0.15, 0.2) is 52.9 Å². The Hall–Kier alpha value is -4.16. The van der Waals surface area contributed by atoms with Crippen LogP contribution in [-0.2, 0) is 29.8 Å². The number of alkyl halides is 3. The summed E-state index contributed by atoms with van der Waals surface area (Å²) < 4.78 is 103. The van der Waals surface area contributed by atoms with Crippen molar-refractivity contribution >= 4 is 49.8 Å². The van der Waals surface area contributed by atoms with E-state index in [9.17, 15) is 39.6 Å². The molecule has 0 saturated carbocycles. The molecule has 1 saturated heterocycles. The third-order valence-electron chi connectivity index (χ3n) is 6.79. The van der Waals surface area contributed by atoms with Crippen molar-refractivity contribution < 1.29 is 49.1 Å². The van der Waals surface area contributed by atoms with Gasteiger partial charge in [0.15, 0.2) is 0 Å². The summed E-state index contributed by atoms with van der Waals surface area (Å²) in [4.78, 5) is 29.2. The van der Waals surface area contributed by atoms with E-state index in [0.29, 0.717) is 11.1 Å². The lowest BCUT2D eigenvalue weighted by molar-refractivity contribution is -0.274. The van der Waals surface area contributed by atoms with Gasteiger partial charge in [0, 0.05) is 24.1 Å². The van der Waals surface area contributed by atoms with Crippen LogP contribution in [0.1, 0.15) is 50.3 Å². The second-order valence-electron chi connectivity index (χ2n) is 11.5. The molecule has 3 N–H and O–H groups in total. The lowest BCUT2D eigenvalue weighted by atomic mass is 9.89. The van der Waals surface area contributed by atoms with Crippen LogP contribution < -0.4 is 19.5 Å². The van der Waals surface area contributed by atoms with Crippen LogP contribution in [0.4, 0.5) is 23.7 Å². The monoisotopic (exact) mass is 687 g/mol. The Morgan fingerprint density at radius 3 is 2.35 bits per heavy atom. The Labute approximate surface area is 264 Å². The third kappa shape index (κ3) is 8.97. The topological polar surface area (TPSA) is 173 Å². The molecule has 2 aromatic carbocycles. The number of anilines is 1. The van der Waals surface area contributed by atoms with Crippen molar-refractivity contribution in [3.63, 3.8) is 0 Å². The van der Waals surface area contributed by atoms with Crippen LogP contribution in [0.5, 0.6) is 5.75 Å². The van der Waals surface area contributed by atoms with Crippen molar-refractivity contribution in [2.24, 2.45) is 4.99 Å². The van der Waals surface area contributed by atoms with E-state index < -0.39 is 55.5 Å². The number of hydrogen-bond donors (Lipinski definition) is 3. The molecule has 4 rings (SSSR count). The van der Waals surface area contributed by atoms with Crippen molar-refractivity contribution in [2.45, 2.75) is 58.0 Å². The van der Waals surface area contributed by atoms with Crippen molar-refractivity contribution in [2.75, 3.05) is 17.8 Å². The highest BCUT2D eigenvalue weighted by Crippen LogP contribution is 2.33. The molecule has 2 aliphatic rings. The zero-order chi connectivity index (χ0) is 34.1. The Bertz CT molecular complexity index is 1800. The van der Waals surface area contributed by atoms with E-state index in [1.54, 1.807) is 32.4 Å². The van der Waals surface area contributed by atoms with Crippen LogP contribution in [0.25, 0.3) is 6.08 Å². The molecular weight excluding hydrogens is 655 g/mol. The number of aryl methyl sites for hydroxylation is 1. The van der Waals surface area contributed by atoms with Crippen LogP contribution in [0.3, 0.4) is 0 Å². The van der Waals surface area contributed by atoms with Crippen LogP contribution in [0.2, 0.25) is 0 Å². The minimum atomic E-state index is -4.89. The quantitative estimate of drug-likeness (QED) is 0.376. The first-order chi connectivity index (χ1) is 21.2. The highest BCUT2D eigenvalue weighted by atomic mass is 32.2. The molecule has 0 atom stereocenters. The molecule has 1 spiro atoms. The number of carbonyl (C=O) groups excluding carboxylic acids is 2. The molecule has 2 aromatic rings. The maximum atomic E-state index is 13.1. The van der Waals surface area contributed by atoms with Gasteiger partial charge in [0.2, 0.25) is 10.0 Å². The summed E-state index contributed by atoms with van der Waals surface area (Å²) in [6.07, 6.45) is -4.62. The summed E-state index contributed by atoms with van der Waals surface area (Å²) in [6.45, 7) is 6.28. The summed E-state index contributed by atoms with van der Waals surface area (Å²) in [5, 5.41) is 3.58. The third-order valence-corrected chi connectivity index (χ3v) is 9.29. The van der Waals surface area contributed by atoms with E-state index in [1.165, 1.54) is 40.7 Å². The van der Waals surface area contributed by atoms with Gasteiger partial charge < -0.3 is 14.8 Å². The van der Waals surface area contributed by atoms with Gasteiger partial charge in [0.05, 0.1) is 5.69 Å². The average Bonchev–Trinajstić information content (AvgIpc) is 3.21. The highest BCUT2D eigenvalue weighted by molar-refractivity contribution is 7.92. The molecule has 0 radical (unpaired) electrons. The van der Waals surface area contributed by atoms with Crippen molar-refractivity contribution in [1.82, 2.24) is 14.3 Å². The number of aliphatic imine (C=N–C) groups is 1. The summed E-state index contributed by atoms with van der Waals surface area (Å²) in [5.74, 6) is -0.891. The summed E-state index contributed by atoms with van der Waals surface area (Å²) in [7, 11) is -8.25. The molecule has 2 amide bonds. The fourth-order valence-corrected chi connectivity index (χ4v) is 6.64. The molecule has 250 valence electrons. The summed E-state index contributed by atoms with van der Waals surface area (Å²) in [6, 6.07) is 9.34.